The van der Waals surface area contributed by atoms with Gasteiger partial charge in [-0.3, -0.25) is 14.5 Å². The number of hydrogen-bond acceptors (Lipinski definition) is 4. The van der Waals surface area contributed by atoms with Crippen molar-refractivity contribution in [3.05, 3.63) is 42.1 Å². The van der Waals surface area contributed by atoms with Crippen molar-refractivity contribution in [2.45, 2.75) is 39.8 Å². The second-order valence-electron chi connectivity index (χ2n) is 8.97. The molecule has 1 saturated heterocycles. The zero-order valence-electron chi connectivity index (χ0n) is 17.2. The molecule has 0 aliphatic carbocycles. The van der Waals surface area contributed by atoms with Crippen LogP contribution in [-0.4, -0.2) is 63.5 Å². The van der Waals surface area contributed by atoms with E-state index in [2.05, 4.69) is 61.0 Å². The Morgan fingerprint density at radius 2 is 1.89 bits per heavy atom. The molecule has 1 aromatic carbocycles. The highest BCUT2D eigenvalue weighted by atomic mass is 16.3. The molecule has 2 heterocycles. The van der Waals surface area contributed by atoms with Crippen molar-refractivity contribution >= 4 is 0 Å². The van der Waals surface area contributed by atoms with Crippen molar-refractivity contribution in [1.29, 1.82) is 0 Å². The van der Waals surface area contributed by atoms with Crippen LogP contribution in [0.2, 0.25) is 0 Å². The molecule has 5 heteroatoms. The van der Waals surface area contributed by atoms with E-state index in [9.17, 15) is 5.11 Å². The second-order valence-corrected chi connectivity index (χ2v) is 8.97. The quantitative estimate of drug-likeness (QED) is 0.849. The third-order valence-corrected chi connectivity index (χ3v) is 5.17. The Balaban J connectivity index is 1.72. The fourth-order valence-corrected chi connectivity index (χ4v) is 4.07. The summed E-state index contributed by atoms with van der Waals surface area (Å²) in [5.74, 6) is 0. The number of piperazine rings is 1. The van der Waals surface area contributed by atoms with Gasteiger partial charge in [0.1, 0.15) is 0 Å². The van der Waals surface area contributed by atoms with E-state index >= 15 is 0 Å². The Bertz CT molecular complexity index is 720. The SMILES string of the molecule is Cn1cc(CN2CCN(CC(C)(C)C)[C@H](CCO)C2)c(-c2ccccc2)n1. The lowest BCUT2D eigenvalue weighted by Crippen LogP contribution is -2.54. The maximum absolute atomic E-state index is 9.55. The first-order valence-corrected chi connectivity index (χ1v) is 10.0. The summed E-state index contributed by atoms with van der Waals surface area (Å²) in [7, 11) is 1.99. The van der Waals surface area contributed by atoms with Crippen LogP contribution >= 0.6 is 0 Å². The second kappa shape index (κ2) is 8.55. The van der Waals surface area contributed by atoms with Crippen molar-refractivity contribution < 1.29 is 5.11 Å². The van der Waals surface area contributed by atoms with E-state index in [4.69, 9.17) is 5.10 Å². The molecule has 3 rings (SSSR count). The lowest BCUT2D eigenvalue weighted by atomic mass is 9.94. The molecule has 1 aliphatic rings. The van der Waals surface area contributed by atoms with Gasteiger partial charge in [0.15, 0.2) is 0 Å². The minimum absolute atomic E-state index is 0.251. The minimum Gasteiger partial charge on any atom is -0.396 e. The van der Waals surface area contributed by atoms with Crippen LogP contribution in [0.4, 0.5) is 0 Å². The van der Waals surface area contributed by atoms with E-state index in [1.165, 1.54) is 11.1 Å². The molecule has 1 aliphatic heterocycles. The standard InChI is InChI=1S/C22H34N4O/c1-22(2,3)17-26-12-11-25(16-20(26)10-13-27)15-19-14-24(4)23-21(19)18-8-6-5-7-9-18/h5-9,14,20,27H,10-13,15-17H2,1-4H3/t20-/m1/s1. The molecule has 1 aromatic heterocycles. The van der Waals surface area contributed by atoms with E-state index in [0.29, 0.717) is 6.04 Å². The first-order chi connectivity index (χ1) is 12.9. The smallest absolute Gasteiger partial charge is 0.0968 e. The normalized spacial score (nSPS) is 19.5. The van der Waals surface area contributed by atoms with Crippen molar-refractivity contribution in [3.63, 3.8) is 0 Å². The predicted molar refractivity (Wildman–Crippen MR) is 110 cm³/mol. The molecule has 0 amide bonds. The molecule has 0 bridgehead atoms. The highest BCUT2D eigenvalue weighted by Crippen LogP contribution is 2.25. The molecule has 2 aromatic rings. The summed E-state index contributed by atoms with van der Waals surface area (Å²) < 4.78 is 1.92. The molecule has 1 atom stereocenters. The van der Waals surface area contributed by atoms with Crippen LogP contribution in [-0.2, 0) is 13.6 Å². The van der Waals surface area contributed by atoms with Crippen molar-refractivity contribution in [2.75, 3.05) is 32.8 Å². The summed E-state index contributed by atoms with van der Waals surface area (Å²) in [5.41, 5.74) is 3.80. The maximum atomic E-state index is 9.55. The summed E-state index contributed by atoms with van der Waals surface area (Å²) in [5, 5.41) is 14.3. The Hall–Kier alpha value is -1.69. The lowest BCUT2D eigenvalue weighted by Gasteiger charge is -2.44. The van der Waals surface area contributed by atoms with Gasteiger partial charge in [0.05, 0.1) is 5.69 Å². The third kappa shape index (κ3) is 5.41. The fourth-order valence-electron chi connectivity index (χ4n) is 4.07. The summed E-state index contributed by atoms with van der Waals surface area (Å²) in [4.78, 5) is 5.08. The lowest BCUT2D eigenvalue weighted by molar-refractivity contribution is 0.0340. The van der Waals surface area contributed by atoms with E-state index in [1.807, 2.05) is 17.8 Å². The molecule has 27 heavy (non-hydrogen) atoms. The van der Waals surface area contributed by atoms with Gasteiger partial charge in [0.25, 0.3) is 0 Å². The minimum atomic E-state index is 0.251. The van der Waals surface area contributed by atoms with Crippen LogP contribution in [0.25, 0.3) is 11.3 Å². The molecular weight excluding hydrogens is 336 g/mol. The van der Waals surface area contributed by atoms with Gasteiger partial charge >= 0.3 is 0 Å². The number of rotatable bonds is 6. The monoisotopic (exact) mass is 370 g/mol. The number of hydrogen-bond donors (Lipinski definition) is 1. The summed E-state index contributed by atoms with van der Waals surface area (Å²) >= 11 is 0. The fraction of sp³-hybridized carbons (Fsp3) is 0.591. The highest BCUT2D eigenvalue weighted by Gasteiger charge is 2.30. The third-order valence-electron chi connectivity index (χ3n) is 5.17. The van der Waals surface area contributed by atoms with Crippen LogP contribution in [0.5, 0.6) is 0 Å². The van der Waals surface area contributed by atoms with Crippen LogP contribution in [0, 0.1) is 5.41 Å². The molecule has 0 saturated carbocycles. The number of aliphatic hydroxyl groups is 1. The average Bonchev–Trinajstić information content (AvgIpc) is 2.97. The van der Waals surface area contributed by atoms with E-state index in [-0.39, 0.29) is 12.0 Å². The van der Waals surface area contributed by atoms with Gasteiger partial charge in [-0.2, -0.15) is 5.10 Å². The Kier molecular flexibility index (Phi) is 6.35. The zero-order chi connectivity index (χ0) is 19.4. The number of aryl methyl sites for hydroxylation is 1. The van der Waals surface area contributed by atoms with Gasteiger partial charge in [-0.05, 0) is 11.8 Å². The van der Waals surface area contributed by atoms with E-state index in [0.717, 1.165) is 44.8 Å². The topological polar surface area (TPSA) is 44.5 Å². The molecule has 5 nitrogen and oxygen atoms in total. The number of aromatic nitrogens is 2. The van der Waals surface area contributed by atoms with E-state index < -0.39 is 0 Å². The summed E-state index contributed by atoms with van der Waals surface area (Å²) in [6.45, 7) is 12.2. The Morgan fingerprint density at radius 1 is 1.15 bits per heavy atom. The van der Waals surface area contributed by atoms with Crippen LogP contribution in [0.1, 0.15) is 32.8 Å². The molecule has 1 N–H and O–H groups in total. The van der Waals surface area contributed by atoms with Crippen LogP contribution in [0.3, 0.4) is 0 Å². The average molecular weight is 371 g/mol. The van der Waals surface area contributed by atoms with Crippen molar-refractivity contribution in [3.8, 4) is 11.3 Å². The molecule has 0 unspecified atom stereocenters. The zero-order valence-corrected chi connectivity index (χ0v) is 17.2. The largest absolute Gasteiger partial charge is 0.396 e. The highest BCUT2D eigenvalue weighted by molar-refractivity contribution is 5.62. The van der Waals surface area contributed by atoms with Gasteiger partial charge < -0.3 is 5.11 Å². The van der Waals surface area contributed by atoms with Gasteiger partial charge in [0.2, 0.25) is 0 Å². The molecule has 0 spiro atoms. The van der Waals surface area contributed by atoms with Gasteiger partial charge in [-0.25, -0.2) is 0 Å². The first kappa shape index (κ1) is 20.1. The summed E-state index contributed by atoms with van der Waals surface area (Å²) in [6.07, 6.45) is 2.98. The van der Waals surface area contributed by atoms with Crippen molar-refractivity contribution in [2.24, 2.45) is 12.5 Å². The number of nitrogens with zero attached hydrogens (tertiary/aromatic N) is 4. The maximum Gasteiger partial charge on any atom is 0.0968 e. The number of aliphatic hydroxyl groups excluding tert-OH is 1. The van der Waals surface area contributed by atoms with Gasteiger partial charge in [-0.15, -0.1) is 0 Å². The molecule has 1 fully saturated rings. The van der Waals surface area contributed by atoms with E-state index in [1.54, 1.807) is 0 Å². The predicted octanol–water partition coefficient (Wildman–Crippen LogP) is 3.00. The summed E-state index contributed by atoms with van der Waals surface area (Å²) in [6, 6.07) is 10.8. The molecule has 148 valence electrons. The first-order valence-electron chi connectivity index (χ1n) is 10.0. The molecule has 0 radical (unpaired) electrons. The van der Waals surface area contributed by atoms with Crippen molar-refractivity contribution in [1.82, 2.24) is 19.6 Å². The Morgan fingerprint density at radius 3 is 2.56 bits per heavy atom. The van der Waals surface area contributed by atoms with Crippen LogP contribution in [0.15, 0.2) is 36.5 Å². The van der Waals surface area contributed by atoms with Crippen LogP contribution < -0.4 is 0 Å². The Labute approximate surface area is 163 Å². The van der Waals surface area contributed by atoms with Gasteiger partial charge in [-0.1, -0.05) is 51.1 Å². The number of benzene rings is 1. The molecular formula is C22H34N4O. The van der Waals surface area contributed by atoms with Gasteiger partial charge in [0, 0.05) is 69.7 Å².